The van der Waals surface area contributed by atoms with Gasteiger partial charge < -0.3 is 16.0 Å². The van der Waals surface area contributed by atoms with Crippen molar-refractivity contribution in [1.82, 2.24) is 15.2 Å². The van der Waals surface area contributed by atoms with Crippen LogP contribution in [-0.4, -0.2) is 34.0 Å². The average molecular weight is 404 g/mol. The molecule has 0 saturated carbocycles. The molecule has 2 amide bonds. The predicted molar refractivity (Wildman–Crippen MR) is 114 cm³/mol. The van der Waals surface area contributed by atoms with Gasteiger partial charge in [-0.25, -0.2) is 4.98 Å². The zero-order valence-corrected chi connectivity index (χ0v) is 16.2. The van der Waals surface area contributed by atoms with Crippen molar-refractivity contribution in [2.24, 2.45) is 0 Å². The molecule has 0 unspecified atom stereocenters. The van der Waals surface area contributed by atoms with Gasteiger partial charge in [0.15, 0.2) is 5.82 Å². The molecule has 0 aliphatic rings. The highest BCUT2D eigenvalue weighted by Gasteiger charge is 2.16. The number of thiophene rings is 1. The number of rotatable bonds is 5. The Bertz CT molecular complexity index is 1190. The molecule has 0 fully saturated rings. The van der Waals surface area contributed by atoms with Crippen molar-refractivity contribution in [1.29, 1.82) is 0 Å². The van der Waals surface area contributed by atoms with Crippen LogP contribution in [0.25, 0.3) is 10.1 Å². The lowest BCUT2D eigenvalue weighted by Gasteiger charge is -2.11. The van der Waals surface area contributed by atoms with Gasteiger partial charge in [0.25, 0.3) is 11.8 Å². The van der Waals surface area contributed by atoms with Crippen molar-refractivity contribution >= 4 is 50.6 Å². The standard InChI is InChI=1S/C20H16N6O2S/c1-21-18-15(24-20(28)14-11-29-16-6-3-2-5-13(14)16)9-12(10-22-18)19(27)25-17-7-4-8-23-26-17/h2-11H,1H3,(H,21,22)(H,24,28)(H,25,26,27). The Morgan fingerprint density at radius 3 is 2.69 bits per heavy atom. The van der Waals surface area contributed by atoms with E-state index in [2.05, 4.69) is 31.1 Å². The second kappa shape index (κ2) is 8.03. The number of carbonyl (C=O) groups excluding carboxylic acids is 2. The Labute approximate surface area is 170 Å². The third kappa shape index (κ3) is 3.90. The monoisotopic (exact) mass is 404 g/mol. The van der Waals surface area contributed by atoms with Gasteiger partial charge in [0.1, 0.15) is 5.82 Å². The first-order chi connectivity index (χ1) is 14.2. The van der Waals surface area contributed by atoms with Gasteiger partial charge in [-0.3, -0.25) is 9.59 Å². The molecule has 0 bridgehead atoms. The van der Waals surface area contributed by atoms with Crippen LogP contribution in [0.3, 0.4) is 0 Å². The number of nitrogens with one attached hydrogen (secondary N) is 3. The summed E-state index contributed by atoms with van der Waals surface area (Å²) >= 11 is 1.50. The van der Waals surface area contributed by atoms with Crippen LogP contribution in [0.2, 0.25) is 0 Å². The van der Waals surface area contributed by atoms with Crippen molar-refractivity contribution in [2.45, 2.75) is 0 Å². The molecule has 4 rings (SSSR count). The SMILES string of the molecule is CNc1ncc(C(=O)Nc2cccnn2)cc1NC(=O)c1csc2ccccc12. The van der Waals surface area contributed by atoms with Crippen LogP contribution < -0.4 is 16.0 Å². The summed E-state index contributed by atoms with van der Waals surface area (Å²) in [7, 11) is 1.69. The maximum absolute atomic E-state index is 12.9. The molecule has 3 N–H and O–H groups in total. The van der Waals surface area contributed by atoms with E-state index in [-0.39, 0.29) is 11.5 Å². The van der Waals surface area contributed by atoms with Crippen LogP contribution in [0, 0.1) is 0 Å². The first-order valence-corrected chi connectivity index (χ1v) is 9.58. The van der Waals surface area contributed by atoms with Gasteiger partial charge in [0, 0.05) is 34.9 Å². The number of amides is 2. The minimum atomic E-state index is -0.405. The Balaban J connectivity index is 1.60. The molecule has 9 heteroatoms. The summed E-state index contributed by atoms with van der Waals surface area (Å²) in [5, 5.41) is 18.7. The summed E-state index contributed by atoms with van der Waals surface area (Å²) in [5.41, 5.74) is 1.25. The second-order valence-corrected chi connectivity index (χ2v) is 6.94. The Morgan fingerprint density at radius 1 is 1.03 bits per heavy atom. The Morgan fingerprint density at radius 2 is 1.90 bits per heavy atom. The summed E-state index contributed by atoms with van der Waals surface area (Å²) in [6.45, 7) is 0. The fourth-order valence-electron chi connectivity index (χ4n) is 2.78. The quantitative estimate of drug-likeness (QED) is 0.469. The van der Waals surface area contributed by atoms with Gasteiger partial charge in [0.05, 0.1) is 16.8 Å². The van der Waals surface area contributed by atoms with Crippen LogP contribution >= 0.6 is 11.3 Å². The molecule has 3 heterocycles. The van der Waals surface area contributed by atoms with Crippen molar-refractivity contribution in [3.63, 3.8) is 0 Å². The topological polar surface area (TPSA) is 109 Å². The van der Waals surface area contributed by atoms with Crippen LogP contribution in [0.1, 0.15) is 20.7 Å². The maximum atomic E-state index is 12.9. The lowest BCUT2D eigenvalue weighted by molar-refractivity contribution is 0.101. The molecule has 0 radical (unpaired) electrons. The Hall–Kier alpha value is -3.85. The van der Waals surface area contributed by atoms with E-state index in [0.717, 1.165) is 10.1 Å². The van der Waals surface area contributed by atoms with E-state index in [1.165, 1.54) is 23.7 Å². The molecule has 3 aromatic heterocycles. The second-order valence-electron chi connectivity index (χ2n) is 6.03. The largest absolute Gasteiger partial charge is 0.371 e. The molecule has 0 atom stereocenters. The summed E-state index contributed by atoms with van der Waals surface area (Å²) in [6.07, 6.45) is 2.94. The third-order valence-electron chi connectivity index (χ3n) is 4.17. The summed E-state index contributed by atoms with van der Waals surface area (Å²) < 4.78 is 1.03. The van der Waals surface area contributed by atoms with E-state index < -0.39 is 5.91 Å². The highest BCUT2D eigenvalue weighted by Crippen LogP contribution is 2.27. The molecule has 29 heavy (non-hydrogen) atoms. The number of fused-ring (bicyclic) bond motifs is 1. The number of benzene rings is 1. The molecule has 1 aromatic carbocycles. The van der Waals surface area contributed by atoms with E-state index >= 15 is 0 Å². The molecule has 0 aliphatic carbocycles. The molecular formula is C20H16N6O2S. The number of pyridine rings is 1. The fourth-order valence-corrected chi connectivity index (χ4v) is 3.72. The van der Waals surface area contributed by atoms with Gasteiger partial charge in [-0.2, -0.15) is 5.10 Å². The normalized spacial score (nSPS) is 10.5. The number of carbonyl (C=O) groups is 2. The van der Waals surface area contributed by atoms with Gasteiger partial charge >= 0.3 is 0 Å². The van der Waals surface area contributed by atoms with Gasteiger partial charge in [0.2, 0.25) is 0 Å². The zero-order valence-electron chi connectivity index (χ0n) is 15.3. The van der Waals surface area contributed by atoms with Crippen molar-refractivity contribution in [2.75, 3.05) is 23.0 Å². The first kappa shape index (κ1) is 18.5. The molecule has 144 valence electrons. The van der Waals surface area contributed by atoms with E-state index in [0.29, 0.717) is 22.9 Å². The third-order valence-corrected chi connectivity index (χ3v) is 5.14. The van der Waals surface area contributed by atoms with Crippen molar-refractivity contribution in [3.8, 4) is 0 Å². The number of anilines is 3. The van der Waals surface area contributed by atoms with Gasteiger partial charge in [-0.1, -0.05) is 18.2 Å². The number of aromatic nitrogens is 3. The highest BCUT2D eigenvalue weighted by atomic mass is 32.1. The van der Waals surface area contributed by atoms with Gasteiger partial charge in [-0.15, -0.1) is 16.4 Å². The lowest BCUT2D eigenvalue weighted by atomic mass is 10.1. The number of hydrogen-bond donors (Lipinski definition) is 3. The smallest absolute Gasteiger partial charge is 0.258 e. The van der Waals surface area contributed by atoms with Crippen LogP contribution in [0.5, 0.6) is 0 Å². The average Bonchev–Trinajstić information content (AvgIpc) is 3.19. The van der Waals surface area contributed by atoms with Crippen molar-refractivity contribution in [3.05, 3.63) is 71.4 Å². The first-order valence-electron chi connectivity index (χ1n) is 8.70. The molecule has 0 aliphatic heterocycles. The van der Waals surface area contributed by atoms with E-state index in [9.17, 15) is 9.59 Å². The van der Waals surface area contributed by atoms with Crippen LogP contribution in [-0.2, 0) is 0 Å². The molecule has 0 saturated heterocycles. The van der Waals surface area contributed by atoms with E-state index in [4.69, 9.17) is 0 Å². The number of hydrogen-bond acceptors (Lipinski definition) is 7. The minimum Gasteiger partial charge on any atom is -0.371 e. The Kier molecular flexibility index (Phi) is 5.12. The zero-order chi connectivity index (χ0) is 20.2. The van der Waals surface area contributed by atoms with Crippen LogP contribution in [0.15, 0.2) is 60.2 Å². The maximum Gasteiger partial charge on any atom is 0.258 e. The highest BCUT2D eigenvalue weighted by molar-refractivity contribution is 7.17. The fraction of sp³-hybridized carbons (Fsp3) is 0.0500. The molecule has 4 aromatic rings. The van der Waals surface area contributed by atoms with E-state index in [1.807, 2.05) is 29.6 Å². The minimum absolute atomic E-state index is 0.271. The van der Waals surface area contributed by atoms with Crippen molar-refractivity contribution < 1.29 is 9.59 Å². The predicted octanol–water partition coefficient (Wildman–Crippen LogP) is 3.63. The summed E-state index contributed by atoms with van der Waals surface area (Å²) in [5.74, 6) is 0.101. The number of nitrogens with zero attached hydrogens (tertiary/aromatic N) is 3. The molecular weight excluding hydrogens is 388 g/mol. The molecule has 8 nitrogen and oxygen atoms in total. The van der Waals surface area contributed by atoms with E-state index in [1.54, 1.807) is 25.2 Å². The van der Waals surface area contributed by atoms with Gasteiger partial charge in [-0.05, 0) is 24.3 Å². The summed E-state index contributed by atoms with van der Waals surface area (Å²) in [6, 6.07) is 12.6. The lowest BCUT2D eigenvalue weighted by Crippen LogP contribution is -2.17. The molecule has 0 spiro atoms. The van der Waals surface area contributed by atoms with Crippen LogP contribution in [0.4, 0.5) is 17.3 Å². The summed E-state index contributed by atoms with van der Waals surface area (Å²) in [4.78, 5) is 29.6.